The van der Waals surface area contributed by atoms with Gasteiger partial charge in [0.2, 0.25) is 0 Å². The second-order valence-corrected chi connectivity index (χ2v) is 7.19. The maximum Gasteiger partial charge on any atom is 0.264 e. The molecule has 1 unspecified atom stereocenters. The Morgan fingerprint density at radius 3 is 2.73 bits per heavy atom. The number of morpholine rings is 1. The number of benzene rings is 2. The van der Waals surface area contributed by atoms with Gasteiger partial charge in [-0.15, -0.1) is 0 Å². The second kappa shape index (κ2) is 5.05. The highest BCUT2D eigenvalue weighted by Crippen LogP contribution is 2.43. The third-order valence-corrected chi connectivity index (χ3v) is 5.55. The Hall–Kier alpha value is -2.92. The molecular weight excluding hydrogens is 328 g/mol. The van der Waals surface area contributed by atoms with Crippen LogP contribution >= 0.6 is 0 Å². The van der Waals surface area contributed by atoms with Crippen LogP contribution in [0, 0.1) is 6.92 Å². The number of fused-ring (bicyclic) bond motifs is 7. The Balaban J connectivity index is 1.95. The molecule has 0 saturated carbocycles. The van der Waals surface area contributed by atoms with Gasteiger partial charge in [-0.3, -0.25) is 19.1 Å². The summed E-state index contributed by atoms with van der Waals surface area (Å²) in [6, 6.07) is 15.3. The number of hydrogen-bond donors (Lipinski definition) is 0. The van der Waals surface area contributed by atoms with Crippen molar-refractivity contribution in [1.82, 2.24) is 4.57 Å². The molecule has 0 N–H and O–H groups in total. The monoisotopic (exact) mass is 346 g/mol. The number of aromatic nitrogens is 1. The molecule has 5 heteroatoms. The van der Waals surface area contributed by atoms with Gasteiger partial charge in [-0.05, 0) is 43.7 Å². The first-order chi connectivity index (χ1) is 12.5. The van der Waals surface area contributed by atoms with Crippen molar-refractivity contribution in [3.05, 3.63) is 65.4 Å². The zero-order valence-electron chi connectivity index (χ0n) is 14.7. The number of para-hydroxylation sites is 1. The largest absolute Gasteiger partial charge is 0.369 e. The molecule has 1 saturated heterocycles. The van der Waals surface area contributed by atoms with Crippen LogP contribution in [-0.4, -0.2) is 29.6 Å². The Kier molecular flexibility index (Phi) is 2.98. The fraction of sp³-hybridized carbons (Fsp3) is 0.238. The first kappa shape index (κ1) is 15.3. The van der Waals surface area contributed by atoms with E-state index >= 15 is 0 Å². The minimum atomic E-state index is -0.747. The Morgan fingerprint density at radius 2 is 1.88 bits per heavy atom. The van der Waals surface area contributed by atoms with Crippen molar-refractivity contribution in [1.29, 1.82) is 0 Å². The van der Waals surface area contributed by atoms with Crippen molar-refractivity contribution in [3.63, 3.8) is 0 Å². The van der Waals surface area contributed by atoms with Gasteiger partial charge in [-0.25, -0.2) is 0 Å². The van der Waals surface area contributed by atoms with Crippen molar-refractivity contribution < 1.29 is 14.3 Å². The molecule has 2 aliphatic rings. The molecule has 1 aromatic heterocycles. The van der Waals surface area contributed by atoms with Crippen molar-refractivity contribution in [2.24, 2.45) is 0 Å². The van der Waals surface area contributed by atoms with Crippen molar-refractivity contribution in [2.75, 3.05) is 18.1 Å². The van der Waals surface area contributed by atoms with Gasteiger partial charge in [-0.2, -0.15) is 0 Å². The molecule has 0 bridgehead atoms. The summed E-state index contributed by atoms with van der Waals surface area (Å²) in [7, 11) is 0. The van der Waals surface area contributed by atoms with E-state index in [1.54, 1.807) is 15.5 Å². The number of ether oxygens (including phenoxy) is 1. The van der Waals surface area contributed by atoms with Crippen molar-refractivity contribution in [3.8, 4) is 0 Å². The quantitative estimate of drug-likeness (QED) is 0.628. The first-order valence-corrected chi connectivity index (χ1v) is 8.68. The van der Waals surface area contributed by atoms with E-state index in [1.807, 2.05) is 56.3 Å². The number of carbonyl (C=O) groups excluding carboxylic acids is 2. The zero-order valence-corrected chi connectivity index (χ0v) is 14.7. The highest BCUT2D eigenvalue weighted by molar-refractivity contribution is 6.12. The summed E-state index contributed by atoms with van der Waals surface area (Å²) in [6.45, 7) is 4.37. The van der Waals surface area contributed by atoms with Gasteiger partial charge in [0.15, 0.2) is 0 Å². The third kappa shape index (κ3) is 1.78. The lowest BCUT2D eigenvalue weighted by molar-refractivity contribution is -0.130. The Bertz CT molecular complexity index is 1100. The number of amides is 1. The highest BCUT2D eigenvalue weighted by atomic mass is 16.5. The second-order valence-electron chi connectivity index (χ2n) is 7.19. The van der Waals surface area contributed by atoms with E-state index in [-0.39, 0.29) is 18.4 Å². The smallest absolute Gasteiger partial charge is 0.264 e. The van der Waals surface area contributed by atoms with Gasteiger partial charge in [0, 0.05) is 5.39 Å². The Labute approximate surface area is 150 Å². The van der Waals surface area contributed by atoms with Gasteiger partial charge < -0.3 is 4.74 Å². The number of anilines is 1. The molecule has 1 atom stereocenters. The molecule has 2 aromatic carbocycles. The first-order valence-electron chi connectivity index (χ1n) is 8.68. The lowest BCUT2D eigenvalue weighted by Gasteiger charge is -2.43. The summed E-state index contributed by atoms with van der Waals surface area (Å²) in [5, 5.41) is 1.02. The maximum atomic E-state index is 13.5. The van der Waals surface area contributed by atoms with Crippen LogP contribution < -0.4 is 4.90 Å². The van der Waals surface area contributed by atoms with Gasteiger partial charge in [0.25, 0.3) is 11.8 Å². The number of aryl methyl sites for hydroxylation is 1. The van der Waals surface area contributed by atoms with E-state index in [2.05, 4.69) is 0 Å². The van der Waals surface area contributed by atoms with Crippen molar-refractivity contribution in [2.45, 2.75) is 19.4 Å². The number of rotatable bonds is 0. The van der Waals surface area contributed by atoms with Crippen LogP contribution in [0.1, 0.15) is 28.5 Å². The summed E-state index contributed by atoms with van der Waals surface area (Å²) < 4.78 is 7.38. The average Bonchev–Trinajstić information content (AvgIpc) is 3.00. The van der Waals surface area contributed by atoms with Gasteiger partial charge in [-0.1, -0.05) is 24.3 Å². The minimum absolute atomic E-state index is 0.0252. The predicted molar refractivity (Wildman–Crippen MR) is 98.5 cm³/mol. The van der Waals surface area contributed by atoms with Crippen LogP contribution in [0.15, 0.2) is 48.5 Å². The number of carbonyl (C=O) groups is 2. The van der Waals surface area contributed by atoms with Crippen LogP contribution in [0.4, 0.5) is 5.69 Å². The van der Waals surface area contributed by atoms with Crippen LogP contribution in [0.2, 0.25) is 0 Å². The fourth-order valence-corrected chi connectivity index (χ4v) is 4.29. The number of hydrogen-bond acceptors (Lipinski definition) is 3. The molecule has 0 aliphatic carbocycles. The summed E-state index contributed by atoms with van der Waals surface area (Å²) in [5.74, 6) is -0.242. The van der Waals surface area contributed by atoms with Gasteiger partial charge in [0.05, 0.1) is 29.1 Å². The standard InChI is InChI=1S/C21H18N2O3/c1-13-6-5-9-16-15(13)10-18-21(2)12-26-11-19(24)23(21)17-8-4-3-7-14(17)20(25)22(16)18/h3-10H,11-12H2,1-2H3. The lowest BCUT2D eigenvalue weighted by atomic mass is 9.93. The lowest BCUT2D eigenvalue weighted by Crippen LogP contribution is -2.56. The molecule has 1 fully saturated rings. The molecule has 2 aliphatic heterocycles. The molecule has 3 heterocycles. The van der Waals surface area contributed by atoms with E-state index in [0.29, 0.717) is 17.9 Å². The summed E-state index contributed by atoms with van der Waals surface area (Å²) in [6.07, 6.45) is 0. The molecule has 0 spiro atoms. The van der Waals surface area contributed by atoms with E-state index in [9.17, 15) is 9.59 Å². The summed E-state index contributed by atoms with van der Waals surface area (Å²) >= 11 is 0. The molecular formula is C21H18N2O3. The fourth-order valence-electron chi connectivity index (χ4n) is 4.29. The number of nitrogens with zero attached hydrogens (tertiary/aromatic N) is 2. The van der Waals surface area contributed by atoms with E-state index in [1.165, 1.54) is 0 Å². The van der Waals surface area contributed by atoms with Crippen LogP contribution in [0.25, 0.3) is 10.9 Å². The predicted octanol–water partition coefficient (Wildman–Crippen LogP) is 3.23. The minimum Gasteiger partial charge on any atom is -0.369 e. The molecule has 0 radical (unpaired) electrons. The average molecular weight is 346 g/mol. The molecule has 5 nitrogen and oxygen atoms in total. The topological polar surface area (TPSA) is 51.5 Å². The Morgan fingerprint density at radius 1 is 1.08 bits per heavy atom. The van der Waals surface area contributed by atoms with Gasteiger partial charge in [0.1, 0.15) is 12.1 Å². The summed E-state index contributed by atoms with van der Waals surface area (Å²) in [4.78, 5) is 28.1. The van der Waals surface area contributed by atoms with E-state index < -0.39 is 5.54 Å². The third-order valence-electron chi connectivity index (χ3n) is 5.55. The van der Waals surface area contributed by atoms with Gasteiger partial charge >= 0.3 is 0 Å². The summed E-state index contributed by atoms with van der Waals surface area (Å²) in [5.41, 5.74) is 3.19. The molecule has 1 amide bonds. The van der Waals surface area contributed by atoms with Crippen molar-refractivity contribution >= 4 is 28.4 Å². The molecule has 5 rings (SSSR count). The highest BCUT2D eigenvalue weighted by Gasteiger charge is 2.48. The van der Waals surface area contributed by atoms with E-state index in [0.717, 1.165) is 22.2 Å². The molecule has 3 aromatic rings. The molecule has 26 heavy (non-hydrogen) atoms. The SMILES string of the molecule is Cc1cccc2c1cc1n2C(=O)c2ccccc2N2C(=O)COCC12C. The van der Waals surface area contributed by atoms with Crippen LogP contribution in [0.3, 0.4) is 0 Å². The zero-order chi connectivity index (χ0) is 18.1. The normalized spacial score (nSPS) is 22.0. The van der Waals surface area contributed by atoms with Crippen LogP contribution in [0.5, 0.6) is 0 Å². The maximum absolute atomic E-state index is 13.5. The van der Waals surface area contributed by atoms with E-state index in [4.69, 9.17) is 4.74 Å². The van der Waals surface area contributed by atoms with Crippen LogP contribution in [-0.2, 0) is 15.1 Å². The molecule has 130 valence electrons.